The fourth-order valence-corrected chi connectivity index (χ4v) is 1.99. The second-order valence-electron chi connectivity index (χ2n) is 3.99. The van der Waals surface area contributed by atoms with Gasteiger partial charge in [-0.3, -0.25) is 0 Å². The van der Waals surface area contributed by atoms with E-state index < -0.39 is 0 Å². The van der Waals surface area contributed by atoms with Crippen LogP contribution in [-0.4, -0.2) is 17.9 Å². The van der Waals surface area contributed by atoms with E-state index in [9.17, 15) is 0 Å². The van der Waals surface area contributed by atoms with Gasteiger partial charge in [-0.1, -0.05) is 6.07 Å². The third kappa shape index (κ3) is 3.27. The number of hydrogen-bond acceptors (Lipinski definition) is 3. The van der Waals surface area contributed by atoms with Crippen molar-refractivity contribution in [2.75, 3.05) is 6.61 Å². The Kier molecular flexibility index (Phi) is 4.32. The van der Waals surface area contributed by atoms with E-state index in [2.05, 4.69) is 20.9 Å². The minimum Gasteiger partial charge on any atom is -0.353 e. The second kappa shape index (κ2) is 5.75. The van der Waals surface area contributed by atoms with Gasteiger partial charge in [0.05, 0.1) is 6.10 Å². The quantitative estimate of drug-likeness (QED) is 0.797. The molecule has 0 bridgehead atoms. The molecule has 2 atom stereocenters. The summed E-state index contributed by atoms with van der Waals surface area (Å²) in [6.07, 6.45) is 5.15. The van der Waals surface area contributed by atoms with Gasteiger partial charge in [0.1, 0.15) is 4.60 Å². The highest BCUT2D eigenvalue weighted by Gasteiger charge is 2.18. The lowest BCUT2D eigenvalue weighted by Crippen LogP contribution is -2.23. The molecule has 0 aliphatic carbocycles. The van der Waals surface area contributed by atoms with Crippen LogP contribution in [-0.2, 0) is 9.47 Å². The van der Waals surface area contributed by atoms with E-state index in [0.717, 1.165) is 29.6 Å². The third-order valence-electron chi connectivity index (χ3n) is 2.71. The summed E-state index contributed by atoms with van der Waals surface area (Å²) in [6.45, 7) is 2.85. The maximum Gasteiger partial charge on any atom is 0.158 e. The van der Waals surface area contributed by atoms with Gasteiger partial charge in [-0.25, -0.2) is 4.98 Å². The van der Waals surface area contributed by atoms with Gasteiger partial charge in [0.25, 0.3) is 0 Å². The van der Waals surface area contributed by atoms with Crippen LogP contribution in [0.25, 0.3) is 0 Å². The first-order valence-electron chi connectivity index (χ1n) is 5.64. The van der Waals surface area contributed by atoms with Crippen LogP contribution in [0.5, 0.6) is 0 Å². The molecule has 2 rings (SSSR count). The van der Waals surface area contributed by atoms with Crippen LogP contribution in [0.1, 0.15) is 37.9 Å². The standard InChI is InChI=1S/C12H16BrNO2/c1-9(10-5-6-11(13)14-8-10)16-12-4-2-3-7-15-12/h5-6,8-9,12H,2-4,7H2,1H3. The van der Waals surface area contributed by atoms with Gasteiger partial charge < -0.3 is 9.47 Å². The summed E-state index contributed by atoms with van der Waals surface area (Å²) in [5, 5.41) is 0. The Morgan fingerprint density at radius 1 is 1.50 bits per heavy atom. The molecule has 1 aromatic rings. The molecule has 16 heavy (non-hydrogen) atoms. The Morgan fingerprint density at radius 3 is 3.00 bits per heavy atom. The zero-order valence-electron chi connectivity index (χ0n) is 9.36. The van der Waals surface area contributed by atoms with E-state index >= 15 is 0 Å². The number of aromatic nitrogens is 1. The molecule has 1 aliphatic heterocycles. The average molecular weight is 286 g/mol. The van der Waals surface area contributed by atoms with E-state index in [1.54, 1.807) is 0 Å². The van der Waals surface area contributed by atoms with Crippen molar-refractivity contribution >= 4 is 15.9 Å². The van der Waals surface area contributed by atoms with Crippen molar-refractivity contribution in [3.63, 3.8) is 0 Å². The van der Waals surface area contributed by atoms with E-state index in [0.29, 0.717) is 0 Å². The monoisotopic (exact) mass is 285 g/mol. The van der Waals surface area contributed by atoms with Crippen molar-refractivity contribution in [2.24, 2.45) is 0 Å². The van der Waals surface area contributed by atoms with Crippen LogP contribution in [0.2, 0.25) is 0 Å². The minimum absolute atomic E-state index is 0.0312. The molecule has 0 saturated carbocycles. The maximum atomic E-state index is 5.84. The van der Waals surface area contributed by atoms with E-state index in [-0.39, 0.29) is 12.4 Å². The molecule has 1 aliphatic rings. The molecule has 0 N–H and O–H groups in total. The predicted molar refractivity (Wildman–Crippen MR) is 65.0 cm³/mol. The summed E-state index contributed by atoms with van der Waals surface area (Å²) in [7, 11) is 0. The Hall–Kier alpha value is -0.450. The number of rotatable bonds is 3. The molecule has 1 fully saturated rings. The number of hydrogen-bond donors (Lipinski definition) is 0. The van der Waals surface area contributed by atoms with Crippen LogP contribution in [0.4, 0.5) is 0 Å². The van der Waals surface area contributed by atoms with Gasteiger partial charge in [0.2, 0.25) is 0 Å². The van der Waals surface area contributed by atoms with Gasteiger partial charge in [-0.2, -0.15) is 0 Å². The Morgan fingerprint density at radius 2 is 2.38 bits per heavy atom. The first-order valence-corrected chi connectivity index (χ1v) is 6.43. The lowest BCUT2D eigenvalue weighted by molar-refractivity contribution is -0.186. The topological polar surface area (TPSA) is 31.4 Å². The largest absolute Gasteiger partial charge is 0.353 e. The Balaban J connectivity index is 1.91. The average Bonchev–Trinajstić information content (AvgIpc) is 2.31. The first kappa shape index (κ1) is 12.0. The zero-order chi connectivity index (χ0) is 11.4. The van der Waals surface area contributed by atoms with Crippen LogP contribution in [0, 0.1) is 0 Å². The molecule has 2 unspecified atom stereocenters. The summed E-state index contributed by atoms with van der Waals surface area (Å²) < 4.78 is 12.2. The van der Waals surface area contributed by atoms with Gasteiger partial charge >= 0.3 is 0 Å². The smallest absolute Gasteiger partial charge is 0.158 e. The summed E-state index contributed by atoms with van der Waals surface area (Å²) >= 11 is 3.32. The van der Waals surface area contributed by atoms with Crippen LogP contribution in [0.15, 0.2) is 22.9 Å². The maximum absolute atomic E-state index is 5.84. The van der Waals surface area contributed by atoms with Gasteiger partial charge in [-0.15, -0.1) is 0 Å². The zero-order valence-corrected chi connectivity index (χ0v) is 10.9. The van der Waals surface area contributed by atoms with Gasteiger partial charge in [-0.05, 0) is 53.7 Å². The van der Waals surface area contributed by atoms with E-state index in [4.69, 9.17) is 9.47 Å². The molecule has 3 nitrogen and oxygen atoms in total. The summed E-state index contributed by atoms with van der Waals surface area (Å²) in [5.74, 6) is 0. The van der Waals surface area contributed by atoms with Crippen molar-refractivity contribution in [3.05, 3.63) is 28.5 Å². The molecule has 1 saturated heterocycles. The van der Waals surface area contributed by atoms with Crippen molar-refractivity contribution < 1.29 is 9.47 Å². The lowest BCUT2D eigenvalue weighted by atomic mass is 10.1. The fourth-order valence-electron chi connectivity index (χ4n) is 1.75. The molecule has 0 amide bonds. The normalized spacial score (nSPS) is 23.0. The predicted octanol–water partition coefficient (Wildman–Crippen LogP) is 3.45. The van der Waals surface area contributed by atoms with E-state index in [1.165, 1.54) is 6.42 Å². The SMILES string of the molecule is CC(OC1CCCCO1)c1ccc(Br)nc1. The van der Waals surface area contributed by atoms with Crippen molar-refractivity contribution in [2.45, 2.75) is 38.6 Å². The van der Waals surface area contributed by atoms with Gasteiger partial charge in [0.15, 0.2) is 6.29 Å². The molecule has 4 heteroatoms. The Bertz CT molecular complexity index is 322. The van der Waals surface area contributed by atoms with Crippen LogP contribution >= 0.6 is 15.9 Å². The fraction of sp³-hybridized carbons (Fsp3) is 0.583. The molecule has 2 heterocycles. The number of ether oxygens (including phenoxy) is 2. The summed E-state index contributed by atoms with van der Waals surface area (Å²) in [5.41, 5.74) is 1.08. The number of nitrogens with zero attached hydrogens (tertiary/aromatic N) is 1. The highest BCUT2D eigenvalue weighted by molar-refractivity contribution is 9.10. The number of pyridine rings is 1. The molecule has 0 radical (unpaired) electrons. The van der Waals surface area contributed by atoms with Crippen LogP contribution < -0.4 is 0 Å². The molecule has 0 aromatic carbocycles. The second-order valence-corrected chi connectivity index (χ2v) is 4.80. The van der Waals surface area contributed by atoms with Crippen molar-refractivity contribution in [1.82, 2.24) is 4.98 Å². The molecular weight excluding hydrogens is 270 g/mol. The molecule has 0 spiro atoms. The molecule has 1 aromatic heterocycles. The van der Waals surface area contributed by atoms with Gasteiger partial charge in [0, 0.05) is 12.8 Å². The van der Waals surface area contributed by atoms with Crippen molar-refractivity contribution in [3.8, 4) is 0 Å². The highest BCUT2D eigenvalue weighted by atomic mass is 79.9. The highest BCUT2D eigenvalue weighted by Crippen LogP contribution is 2.23. The minimum atomic E-state index is -0.0487. The third-order valence-corrected chi connectivity index (χ3v) is 3.18. The van der Waals surface area contributed by atoms with E-state index in [1.807, 2.05) is 25.3 Å². The summed E-state index contributed by atoms with van der Waals surface area (Å²) in [6, 6.07) is 3.95. The number of halogens is 1. The molecular formula is C12H16BrNO2. The Labute approximate surface area is 104 Å². The van der Waals surface area contributed by atoms with Crippen molar-refractivity contribution in [1.29, 1.82) is 0 Å². The lowest BCUT2D eigenvalue weighted by Gasteiger charge is -2.26. The first-order chi connectivity index (χ1) is 7.75. The van der Waals surface area contributed by atoms with Crippen LogP contribution in [0.3, 0.4) is 0 Å². The summed E-state index contributed by atoms with van der Waals surface area (Å²) in [4.78, 5) is 4.19. The molecule has 88 valence electrons.